The fourth-order valence-electron chi connectivity index (χ4n) is 4.11. The molecule has 0 aromatic heterocycles. The highest BCUT2D eigenvalue weighted by atomic mass is 16.1. The minimum atomic E-state index is -0.248. The van der Waals surface area contributed by atoms with Crippen molar-refractivity contribution < 1.29 is 9.59 Å². The molecule has 2 atom stereocenters. The van der Waals surface area contributed by atoms with E-state index in [1.54, 1.807) is 24.3 Å². The lowest BCUT2D eigenvalue weighted by molar-refractivity contribution is 0.0966. The van der Waals surface area contributed by atoms with Gasteiger partial charge in [-0.25, -0.2) is 0 Å². The van der Waals surface area contributed by atoms with E-state index in [0.29, 0.717) is 11.1 Å². The molecule has 0 aliphatic heterocycles. The number of carbonyl (C=O) groups excluding carboxylic acids is 2. The fraction of sp³-hybridized carbons (Fsp3) is 0.0769. The molecule has 0 saturated carbocycles. The number of hydrogen-bond donors (Lipinski definition) is 0. The first-order valence-corrected chi connectivity index (χ1v) is 9.45. The van der Waals surface area contributed by atoms with Gasteiger partial charge in [-0.15, -0.1) is 0 Å². The fourth-order valence-corrected chi connectivity index (χ4v) is 4.11. The molecular formula is C26H18O2. The van der Waals surface area contributed by atoms with Crippen molar-refractivity contribution in [3.63, 3.8) is 0 Å². The van der Waals surface area contributed by atoms with Crippen molar-refractivity contribution in [3.05, 3.63) is 118 Å². The highest BCUT2D eigenvalue weighted by Gasteiger charge is 2.27. The van der Waals surface area contributed by atoms with Crippen molar-refractivity contribution in [3.8, 4) is 0 Å². The smallest absolute Gasteiger partial charge is 0.174 e. The van der Waals surface area contributed by atoms with Gasteiger partial charge in [0.05, 0.1) is 11.8 Å². The summed E-state index contributed by atoms with van der Waals surface area (Å²) < 4.78 is 0. The highest BCUT2D eigenvalue weighted by molar-refractivity contribution is 6.07. The molecule has 2 heteroatoms. The summed E-state index contributed by atoms with van der Waals surface area (Å²) in [6.45, 7) is 0. The maximum absolute atomic E-state index is 13.0. The molecule has 0 heterocycles. The Hall–Kier alpha value is -3.52. The van der Waals surface area contributed by atoms with Crippen LogP contribution in [0.1, 0.15) is 54.8 Å². The molecular weight excluding hydrogens is 344 g/mol. The van der Waals surface area contributed by atoms with E-state index in [1.165, 1.54) is 0 Å². The standard InChI is InChI=1S/C26H18O2/c27-25(23-15-13-17-5-1-3-7-21(17)23)19-9-11-20(12-10-19)26(28)24-16-14-18-6-2-4-8-22(18)24/h1-16,23-24H. The highest BCUT2D eigenvalue weighted by Crippen LogP contribution is 2.34. The van der Waals surface area contributed by atoms with Crippen LogP contribution in [0.2, 0.25) is 0 Å². The van der Waals surface area contributed by atoms with Crippen molar-refractivity contribution >= 4 is 23.7 Å². The molecule has 28 heavy (non-hydrogen) atoms. The second-order valence-corrected chi connectivity index (χ2v) is 7.24. The molecule has 3 aromatic carbocycles. The number of rotatable bonds is 4. The van der Waals surface area contributed by atoms with Crippen LogP contribution < -0.4 is 0 Å². The summed E-state index contributed by atoms with van der Waals surface area (Å²) in [5.74, 6) is -0.373. The lowest BCUT2D eigenvalue weighted by Gasteiger charge is -2.12. The van der Waals surface area contributed by atoms with Gasteiger partial charge in [0, 0.05) is 11.1 Å². The van der Waals surface area contributed by atoms with Gasteiger partial charge in [0.1, 0.15) is 0 Å². The first-order chi connectivity index (χ1) is 13.7. The van der Waals surface area contributed by atoms with Crippen molar-refractivity contribution in [2.45, 2.75) is 11.8 Å². The number of allylic oxidation sites excluding steroid dienone is 2. The van der Waals surface area contributed by atoms with E-state index in [4.69, 9.17) is 0 Å². The molecule has 0 bridgehead atoms. The van der Waals surface area contributed by atoms with Gasteiger partial charge in [0.15, 0.2) is 11.6 Å². The molecule has 2 aliphatic carbocycles. The van der Waals surface area contributed by atoms with Crippen molar-refractivity contribution in [2.75, 3.05) is 0 Å². The van der Waals surface area contributed by atoms with Gasteiger partial charge in [0.2, 0.25) is 0 Å². The van der Waals surface area contributed by atoms with Crippen LogP contribution in [-0.4, -0.2) is 11.6 Å². The minimum Gasteiger partial charge on any atom is -0.293 e. The Balaban J connectivity index is 1.38. The lowest BCUT2D eigenvalue weighted by atomic mass is 9.89. The van der Waals surface area contributed by atoms with Crippen LogP contribution in [-0.2, 0) is 0 Å². The van der Waals surface area contributed by atoms with Crippen LogP contribution in [0.3, 0.4) is 0 Å². The van der Waals surface area contributed by atoms with Crippen LogP contribution in [0, 0.1) is 0 Å². The van der Waals surface area contributed by atoms with Gasteiger partial charge in [-0.05, 0) is 22.3 Å². The molecule has 2 unspecified atom stereocenters. The number of benzene rings is 3. The average Bonchev–Trinajstić information content (AvgIpc) is 3.37. The number of Topliss-reactive ketones (excluding diaryl/α,β-unsaturated/α-hetero) is 2. The van der Waals surface area contributed by atoms with Crippen LogP contribution in [0.4, 0.5) is 0 Å². The predicted molar refractivity (Wildman–Crippen MR) is 112 cm³/mol. The zero-order valence-electron chi connectivity index (χ0n) is 15.2. The molecule has 0 N–H and O–H groups in total. The van der Waals surface area contributed by atoms with E-state index in [-0.39, 0.29) is 23.4 Å². The zero-order chi connectivity index (χ0) is 19.1. The van der Waals surface area contributed by atoms with Crippen molar-refractivity contribution in [1.29, 1.82) is 0 Å². The lowest BCUT2D eigenvalue weighted by Crippen LogP contribution is -2.12. The van der Waals surface area contributed by atoms with Crippen LogP contribution in [0.5, 0.6) is 0 Å². The monoisotopic (exact) mass is 362 g/mol. The third-order valence-electron chi connectivity index (χ3n) is 5.62. The Morgan fingerprint density at radius 2 is 0.929 bits per heavy atom. The molecule has 0 fully saturated rings. The largest absolute Gasteiger partial charge is 0.293 e. The quantitative estimate of drug-likeness (QED) is 0.560. The van der Waals surface area contributed by atoms with Gasteiger partial charge in [-0.1, -0.05) is 97.1 Å². The van der Waals surface area contributed by atoms with Gasteiger partial charge in [-0.3, -0.25) is 9.59 Å². The topological polar surface area (TPSA) is 34.1 Å². The number of hydrogen-bond acceptors (Lipinski definition) is 2. The van der Waals surface area contributed by atoms with Crippen molar-refractivity contribution in [2.24, 2.45) is 0 Å². The molecule has 134 valence electrons. The maximum Gasteiger partial charge on any atom is 0.174 e. The molecule has 0 radical (unpaired) electrons. The summed E-state index contributed by atoms with van der Waals surface area (Å²) in [4.78, 5) is 25.9. The molecule has 2 aliphatic rings. The van der Waals surface area contributed by atoms with E-state index in [1.807, 2.05) is 72.8 Å². The summed E-state index contributed by atoms with van der Waals surface area (Å²) >= 11 is 0. The number of carbonyl (C=O) groups is 2. The van der Waals surface area contributed by atoms with Gasteiger partial charge in [0.25, 0.3) is 0 Å². The van der Waals surface area contributed by atoms with Crippen LogP contribution in [0.15, 0.2) is 84.9 Å². The summed E-state index contributed by atoms with van der Waals surface area (Å²) in [6.07, 6.45) is 7.90. The molecule has 3 aromatic rings. The molecule has 0 spiro atoms. The van der Waals surface area contributed by atoms with Gasteiger partial charge >= 0.3 is 0 Å². The summed E-state index contributed by atoms with van der Waals surface area (Å²) in [7, 11) is 0. The van der Waals surface area contributed by atoms with E-state index >= 15 is 0 Å². The SMILES string of the molecule is O=C(c1ccc(C(=O)C2C=Cc3ccccc32)cc1)C1C=Cc2ccccc21. The summed E-state index contributed by atoms with van der Waals surface area (Å²) in [5.41, 5.74) is 5.54. The third-order valence-corrected chi connectivity index (χ3v) is 5.62. The van der Waals surface area contributed by atoms with E-state index < -0.39 is 0 Å². The van der Waals surface area contributed by atoms with Gasteiger partial charge < -0.3 is 0 Å². The van der Waals surface area contributed by atoms with Crippen LogP contribution >= 0.6 is 0 Å². The van der Waals surface area contributed by atoms with Crippen LogP contribution in [0.25, 0.3) is 12.2 Å². The van der Waals surface area contributed by atoms with E-state index in [2.05, 4.69) is 0 Å². The molecule has 0 saturated heterocycles. The summed E-state index contributed by atoms with van der Waals surface area (Å²) in [6, 6.07) is 23.0. The Kier molecular flexibility index (Phi) is 3.91. The zero-order valence-corrected chi connectivity index (χ0v) is 15.2. The Morgan fingerprint density at radius 1 is 0.536 bits per heavy atom. The van der Waals surface area contributed by atoms with E-state index in [9.17, 15) is 9.59 Å². The minimum absolute atomic E-state index is 0.0614. The average molecular weight is 362 g/mol. The first-order valence-electron chi connectivity index (χ1n) is 9.45. The Labute approximate surface area is 163 Å². The molecule has 2 nitrogen and oxygen atoms in total. The molecule has 5 rings (SSSR count). The second kappa shape index (κ2) is 6.58. The first kappa shape index (κ1) is 16.6. The Bertz CT molecular complexity index is 1060. The Morgan fingerprint density at radius 3 is 1.36 bits per heavy atom. The third kappa shape index (κ3) is 2.66. The maximum atomic E-state index is 13.0. The van der Waals surface area contributed by atoms with Gasteiger partial charge in [-0.2, -0.15) is 0 Å². The predicted octanol–water partition coefficient (Wildman–Crippen LogP) is 5.67. The number of ketones is 2. The molecule has 0 amide bonds. The van der Waals surface area contributed by atoms with E-state index in [0.717, 1.165) is 22.3 Å². The second-order valence-electron chi connectivity index (χ2n) is 7.24. The van der Waals surface area contributed by atoms with Crippen molar-refractivity contribution in [1.82, 2.24) is 0 Å². The normalized spacial score (nSPS) is 18.7. The number of fused-ring (bicyclic) bond motifs is 2. The summed E-state index contributed by atoms with van der Waals surface area (Å²) in [5, 5.41) is 0.